The first-order valence-electron chi connectivity index (χ1n) is 4.02. The maximum absolute atomic E-state index is 5.64. The summed E-state index contributed by atoms with van der Waals surface area (Å²) in [5, 5.41) is 0. The van der Waals surface area contributed by atoms with Crippen molar-refractivity contribution in [3.63, 3.8) is 0 Å². The van der Waals surface area contributed by atoms with Crippen LogP contribution in [-0.2, 0) is 6.42 Å². The zero-order chi connectivity index (χ0) is 7.84. The van der Waals surface area contributed by atoms with Gasteiger partial charge in [0.25, 0.3) is 0 Å². The zero-order valence-corrected chi connectivity index (χ0v) is 6.92. The minimum atomic E-state index is 0.367. The van der Waals surface area contributed by atoms with E-state index in [-0.39, 0.29) is 0 Å². The fourth-order valence-corrected chi connectivity index (χ4v) is 1.60. The van der Waals surface area contributed by atoms with Crippen LogP contribution in [0.15, 0.2) is 18.2 Å². The summed E-state index contributed by atoms with van der Waals surface area (Å²) in [4.78, 5) is 0. The van der Waals surface area contributed by atoms with Gasteiger partial charge in [-0.15, -0.1) is 0 Å². The topological polar surface area (TPSA) is 9.23 Å². The molecule has 0 spiro atoms. The molecule has 1 aliphatic heterocycles. The number of fused-ring (bicyclic) bond motifs is 1. The smallest absolute Gasteiger partial charge is 0.125 e. The fraction of sp³-hybridized carbons (Fsp3) is 0.400. The molecule has 0 bridgehead atoms. The average Bonchev–Trinajstić information content (AvgIpc) is 2.31. The van der Waals surface area contributed by atoms with E-state index in [9.17, 15) is 0 Å². The second-order valence-electron chi connectivity index (χ2n) is 3.20. The van der Waals surface area contributed by atoms with Crippen LogP contribution in [0.2, 0.25) is 0 Å². The Hall–Kier alpha value is -0.980. The predicted molar refractivity (Wildman–Crippen MR) is 45.0 cm³/mol. The Bertz CT molecular complexity index is 278. The molecule has 1 aromatic rings. The standard InChI is InChI=1S/C10H12O/c1-7-4-3-5-9-6-8(2)11-10(7)9/h3-5,8H,6H2,1-2H3. The van der Waals surface area contributed by atoms with E-state index in [2.05, 4.69) is 32.0 Å². The van der Waals surface area contributed by atoms with Crippen molar-refractivity contribution in [1.82, 2.24) is 0 Å². The second-order valence-corrected chi connectivity index (χ2v) is 3.20. The third kappa shape index (κ3) is 1.01. The molecule has 2 rings (SSSR count). The van der Waals surface area contributed by atoms with Crippen LogP contribution in [0.4, 0.5) is 0 Å². The third-order valence-electron chi connectivity index (χ3n) is 2.12. The number of hydrogen-bond donors (Lipinski definition) is 0. The first-order chi connectivity index (χ1) is 5.27. The van der Waals surface area contributed by atoms with Gasteiger partial charge in [0.15, 0.2) is 0 Å². The molecular formula is C10H12O. The first-order valence-corrected chi connectivity index (χ1v) is 4.02. The highest BCUT2D eigenvalue weighted by Gasteiger charge is 2.19. The highest BCUT2D eigenvalue weighted by molar-refractivity contribution is 5.43. The lowest BCUT2D eigenvalue weighted by molar-refractivity contribution is 0.253. The molecule has 1 unspecified atom stereocenters. The molecular weight excluding hydrogens is 136 g/mol. The summed E-state index contributed by atoms with van der Waals surface area (Å²) in [6, 6.07) is 6.33. The molecule has 1 nitrogen and oxygen atoms in total. The molecule has 1 heteroatoms. The summed E-state index contributed by atoms with van der Waals surface area (Å²) in [7, 11) is 0. The molecule has 0 fully saturated rings. The van der Waals surface area contributed by atoms with E-state index >= 15 is 0 Å². The van der Waals surface area contributed by atoms with Crippen molar-refractivity contribution in [2.45, 2.75) is 26.4 Å². The minimum absolute atomic E-state index is 0.367. The molecule has 0 amide bonds. The van der Waals surface area contributed by atoms with E-state index in [1.54, 1.807) is 0 Å². The monoisotopic (exact) mass is 148 g/mol. The minimum Gasteiger partial charge on any atom is -0.490 e. The Morgan fingerprint density at radius 3 is 3.00 bits per heavy atom. The lowest BCUT2D eigenvalue weighted by Crippen LogP contribution is -2.05. The van der Waals surface area contributed by atoms with Crippen molar-refractivity contribution in [2.75, 3.05) is 0 Å². The van der Waals surface area contributed by atoms with E-state index in [0.717, 1.165) is 12.2 Å². The fourth-order valence-electron chi connectivity index (χ4n) is 1.60. The highest BCUT2D eigenvalue weighted by Crippen LogP contribution is 2.31. The number of benzene rings is 1. The molecule has 1 atom stereocenters. The van der Waals surface area contributed by atoms with Gasteiger partial charge in [0.05, 0.1) is 0 Å². The van der Waals surface area contributed by atoms with Crippen LogP contribution in [0.3, 0.4) is 0 Å². The highest BCUT2D eigenvalue weighted by atomic mass is 16.5. The maximum Gasteiger partial charge on any atom is 0.125 e. The Kier molecular flexibility index (Phi) is 1.38. The Morgan fingerprint density at radius 2 is 2.27 bits per heavy atom. The summed E-state index contributed by atoms with van der Waals surface area (Å²) in [5.74, 6) is 1.11. The van der Waals surface area contributed by atoms with Crippen LogP contribution in [-0.4, -0.2) is 6.10 Å². The summed E-state index contributed by atoms with van der Waals surface area (Å²) in [6.07, 6.45) is 1.43. The number of ether oxygens (including phenoxy) is 1. The number of aryl methyl sites for hydroxylation is 1. The summed E-state index contributed by atoms with van der Waals surface area (Å²) >= 11 is 0. The van der Waals surface area contributed by atoms with Crippen LogP contribution >= 0.6 is 0 Å². The summed E-state index contributed by atoms with van der Waals surface area (Å²) in [5.41, 5.74) is 2.62. The number of hydrogen-bond acceptors (Lipinski definition) is 1. The zero-order valence-electron chi connectivity index (χ0n) is 6.92. The van der Waals surface area contributed by atoms with Crippen LogP contribution in [0.25, 0.3) is 0 Å². The van der Waals surface area contributed by atoms with Crippen molar-refractivity contribution >= 4 is 0 Å². The molecule has 0 saturated carbocycles. The SMILES string of the molecule is Cc1cccc2c1OC(C)C2. The van der Waals surface area contributed by atoms with Gasteiger partial charge >= 0.3 is 0 Å². The van der Waals surface area contributed by atoms with Crippen molar-refractivity contribution in [3.8, 4) is 5.75 Å². The average molecular weight is 148 g/mol. The second kappa shape index (κ2) is 2.26. The molecule has 0 saturated heterocycles. The van der Waals surface area contributed by atoms with Gasteiger partial charge in [-0.1, -0.05) is 18.2 Å². The molecule has 0 N–H and O–H groups in total. The quantitative estimate of drug-likeness (QED) is 0.548. The van der Waals surface area contributed by atoms with Crippen LogP contribution in [0.5, 0.6) is 5.75 Å². The van der Waals surface area contributed by atoms with E-state index in [1.165, 1.54) is 11.1 Å². The molecule has 0 radical (unpaired) electrons. The van der Waals surface area contributed by atoms with Gasteiger partial charge in [0.2, 0.25) is 0 Å². The largest absolute Gasteiger partial charge is 0.490 e. The third-order valence-corrected chi connectivity index (χ3v) is 2.12. The first kappa shape index (κ1) is 6.71. The van der Waals surface area contributed by atoms with Gasteiger partial charge in [-0.3, -0.25) is 0 Å². The lowest BCUT2D eigenvalue weighted by atomic mass is 10.1. The Morgan fingerprint density at radius 1 is 1.45 bits per heavy atom. The van der Waals surface area contributed by atoms with Gasteiger partial charge in [0, 0.05) is 6.42 Å². The van der Waals surface area contributed by atoms with E-state index < -0.39 is 0 Å². The van der Waals surface area contributed by atoms with Crippen molar-refractivity contribution in [2.24, 2.45) is 0 Å². The molecule has 0 aliphatic carbocycles. The molecule has 11 heavy (non-hydrogen) atoms. The van der Waals surface area contributed by atoms with Gasteiger partial charge < -0.3 is 4.74 Å². The summed E-state index contributed by atoms with van der Waals surface area (Å²) in [6.45, 7) is 4.20. The van der Waals surface area contributed by atoms with E-state index in [1.807, 2.05) is 0 Å². The Balaban J connectivity index is 2.49. The van der Waals surface area contributed by atoms with Gasteiger partial charge in [-0.05, 0) is 25.0 Å². The molecule has 1 aromatic carbocycles. The lowest BCUT2D eigenvalue weighted by Gasteiger charge is -2.04. The normalized spacial score (nSPS) is 21.1. The molecule has 0 aromatic heterocycles. The van der Waals surface area contributed by atoms with Gasteiger partial charge in [0.1, 0.15) is 11.9 Å². The van der Waals surface area contributed by atoms with Crippen molar-refractivity contribution in [3.05, 3.63) is 29.3 Å². The molecule has 58 valence electrons. The van der Waals surface area contributed by atoms with E-state index in [4.69, 9.17) is 4.74 Å². The number of rotatable bonds is 0. The van der Waals surface area contributed by atoms with Gasteiger partial charge in [-0.25, -0.2) is 0 Å². The van der Waals surface area contributed by atoms with Crippen LogP contribution in [0, 0.1) is 6.92 Å². The van der Waals surface area contributed by atoms with Crippen molar-refractivity contribution in [1.29, 1.82) is 0 Å². The van der Waals surface area contributed by atoms with Gasteiger partial charge in [-0.2, -0.15) is 0 Å². The van der Waals surface area contributed by atoms with Crippen molar-refractivity contribution < 1.29 is 4.74 Å². The summed E-state index contributed by atoms with van der Waals surface area (Å²) < 4.78 is 5.64. The maximum atomic E-state index is 5.64. The molecule has 1 aliphatic rings. The van der Waals surface area contributed by atoms with E-state index in [0.29, 0.717) is 6.10 Å². The number of para-hydroxylation sites is 1. The molecule has 1 heterocycles. The Labute approximate surface area is 67.0 Å². The van der Waals surface area contributed by atoms with Crippen LogP contribution < -0.4 is 4.74 Å². The van der Waals surface area contributed by atoms with Crippen LogP contribution in [0.1, 0.15) is 18.1 Å². The predicted octanol–water partition coefficient (Wildman–Crippen LogP) is 2.32.